The highest BCUT2D eigenvalue weighted by Gasteiger charge is 1.99. The quantitative estimate of drug-likeness (QED) is 0.772. The number of nitrogens with zero attached hydrogens (tertiary/aromatic N) is 3. The Balaban J connectivity index is 1.80. The fraction of sp³-hybridized carbons (Fsp3) is 0. The van der Waals surface area contributed by atoms with E-state index >= 15 is 0 Å². The number of aromatic nitrogens is 3. The van der Waals surface area contributed by atoms with Crippen molar-refractivity contribution in [3.05, 3.63) is 67.3 Å². The summed E-state index contributed by atoms with van der Waals surface area (Å²) in [6.45, 7) is 0. The van der Waals surface area contributed by atoms with E-state index in [0.717, 1.165) is 5.69 Å². The Hall–Kier alpha value is -2.75. The lowest BCUT2D eigenvalue weighted by molar-refractivity contribution is 1.05. The number of nitrogens with one attached hydrogen (secondary N) is 1. The first-order valence-electron chi connectivity index (χ1n) is 5.96. The van der Waals surface area contributed by atoms with Crippen LogP contribution in [0.1, 0.15) is 0 Å². The summed E-state index contributed by atoms with van der Waals surface area (Å²) in [7, 11) is 0. The third-order valence-corrected chi connectivity index (χ3v) is 2.74. The van der Waals surface area contributed by atoms with E-state index in [4.69, 9.17) is 0 Å². The van der Waals surface area contributed by atoms with E-state index in [-0.39, 0.29) is 0 Å². The van der Waals surface area contributed by atoms with E-state index in [0.29, 0.717) is 5.95 Å². The molecule has 0 amide bonds. The van der Waals surface area contributed by atoms with Gasteiger partial charge in [0, 0.05) is 5.69 Å². The molecule has 1 aromatic heterocycles. The van der Waals surface area contributed by atoms with Crippen LogP contribution >= 0.6 is 0 Å². The van der Waals surface area contributed by atoms with Crippen molar-refractivity contribution in [3.8, 4) is 11.1 Å². The molecule has 0 unspecified atom stereocenters. The second-order valence-corrected chi connectivity index (χ2v) is 4.03. The Morgan fingerprint density at radius 3 is 2.00 bits per heavy atom. The van der Waals surface area contributed by atoms with Crippen molar-refractivity contribution in [1.82, 2.24) is 15.0 Å². The summed E-state index contributed by atoms with van der Waals surface area (Å²) in [6.07, 6.45) is 2.93. The summed E-state index contributed by atoms with van der Waals surface area (Å²) in [4.78, 5) is 11.8. The molecule has 1 N–H and O–H groups in total. The van der Waals surface area contributed by atoms with Crippen LogP contribution in [0, 0.1) is 0 Å². The van der Waals surface area contributed by atoms with Crippen molar-refractivity contribution >= 4 is 11.6 Å². The summed E-state index contributed by atoms with van der Waals surface area (Å²) in [5.74, 6) is 0.544. The van der Waals surface area contributed by atoms with Gasteiger partial charge in [-0.05, 0) is 23.3 Å². The van der Waals surface area contributed by atoms with Gasteiger partial charge < -0.3 is 5.32 Å². The summed E-state index contributed by atoms with van der Waals surface area (Å²) < 4.78 is 0. The molecule has 0 bridgehead atoms. The Kier molecular flexibility index (Phi) is 3.14. The molecular formula is C15H12N4. The van der Waals surface area contributed by atoms with Gasteiger partial charge in [-0.2, -0.15) is 0 Å². The highest BCUT2D eigenvalue weighted by Crippen LogP contribution is 2.21. The molecule has 0 spiro atoms. The van der Waals surface area contributed by atoms with Gasteiger partial charge in [-0.25, -0.2) is 15.0 Å². The minimum atomic E-state index is 0.544. The van der Waals surface area contributed by atoms with Crippen LogP contribution in [0.5, 0.6) is 0 Å². The highest BCUT2D eigenvalue weighted by molar-refractivity contribution is 5.67. The number of anilines is 2. The maximum absolute atomic E-state index is 4.02. The Bertz CT molecular complexity index is 636. The van der Waals surface area contributed by atoms with E-state index in [1.54, 1.807) is 0 Å². The number of hydrogen-bond donors (Lipinski definition) is 1. The summed E-state index contributed by atoms with van der Waals surface area (Å²) in [5, 5.41) is 3.12. The van der Waals surface area contributed by atoms with Crippen molar-refractivity contribution in [2.24, 2.45) is 0 Å². The van der Waals surface area contributed by atoms with Gasteiger partial charge in [0.05, 0.1) is 0 Å². The molecule has 0 fully saturated rings. The second kappa shape index (κ2) is 5.27. The summed E-state index contributed by atoms with van der Waals surface area (Å²) in [5.41, 5.74) is 3.34. The molecule has 1 heterocycles. The third kappa shape index (κ3) is 2.74. The monoisotopic (exact) mass is 248 g/mol. The minimum Gasteiger partial charge on any atom is -0.324 e. The van der Waals surface area contributed by atoms with Gasteiger partial charge in [0.25, 0.3) is 0 Å². The van der Waals surface area contributed by atoms with Crippen LogP contribution in [-0.2, 0) is 0 Å². The maximum atomic E-state index is 4.02. The molecule has 4 nitrogen and oxygen atoms in total. The predicted molar refractivity (Wildman–Crippen MR) is 75.0 cm³/mol. The first-order chi connectivity index (χ1) is 9.42. The molecule has 0 aliphatic rings. The van der Waals surface area contributed by atoms with Crippen molar-refractivity contribution in [2.45, 2.75) is 0 Å². The van der Waals surface area contributed by atoms with Gasteiger partial charge in [-0.15, -0.1) is 0 Å². The molecule has 0 aliphatic heterocycles. The van der Waals surface area contributed by atoms with Crippen LogP contribution in [0.15, 0.2) is 67.3 Å². The zero-order valence-corrected chi connectivity index (χ0v) is 10.2. The molecule has 2 aromatic carbocycles. The van der Waals surface area contributed by atoms with E-state index < -0.39 is 0 Å². The molecule has 4 heteroatoms. The average molecular weight is 248 g/mol. The fourth-order valence-corrected chi connectivity index (χ4v) is 1.81. The van der Waals surface area contributed by atoms with Crippen LogP contribution in [0.25, 0.3) is 11.1 Å². The number of rotatable bonds is 3. The van der Waals surface area contributed by atoms with Crippen molar-refractivity contribution in [3.63, 3.8) is 0 Å². The van der Waals surface area contributed by atoms with E-state index in [9.17, 15) is 0 Å². The smallest absolute Gasteiger partial charge is 0.230 e. The van der Waals surface area contributed by atoms with Crippen LogP contribution < -0.4 is 5.32 Å². The second-order valence-electron chi connectivity index (χ2n) is 4.03. The molecule has 0 radical (unpaired) electrons. The molecule has 3 aromatic rings. The van der Waals surface area contributed by atoms with Crippen molar-refractivity contribution < 1.29 is 0 Å². The maximum Gasteiger partial charge on any atom is 0.230 e. The van der Waals surface area contributed by atoms with E-state index in [1.807, 2.05) is 30.3 Å². The lowest BCUT2D eigenvalue weighted by atomic mass is 10.1. The zero-order valence-electron chi connectivity index (χ0n) is 10.2. The Morgan fingerprint density at radius 2 is 1.32 bits per heavy atom. The van der Waals surface area contributed by atoms with Gasteiger partial charge in [-0.1, -0.05) is 42.5 Å². The van der Waals surface area contributed by atoms with Gasteiger partial charge in [0.1, 0.15) is 12.7 Å². The standard InChI is InChI=1S/C15H12N4/c1-2-4-12(5-3-1)13-6-8-14(9-7-13)19-15-17-10-16-11-18-15/h1-11H,(H,16,17,18,19). The Morgan fingerprint density at radius 1 is 0.684 bits per heavy atom. The predicted octanol–water partition coefficient (Wildman–Crippen LogP) is 3.28. The molecular weight excluding hydrogens is 236 g/mol. The average Bonchev–Trinajstić information content (AvgIpc) is 2.50. The van der Waals surface area contributed by atoms with Gasteiger partial charge in [0.2, 0.25) is 5.95 Å². The van der Waals surface area contributed by atoms with E-state index in [1.165, 1.54) is 23.8 Å². The molecule has 0 saturated carbocycles. The lowest BCUT2D eigenvalue weighted by Gasteiger charge is -2.05. The first kappa shape index (κ1) is 11.3. The first-order valence-corrected chi connectivity index (χ1v) is 5.96. The largest absolute Gasteiger partial charge is 0.324 e. The number of benzene rings is 2. The van der Waals surface area contributed by atoms with E-state index in [2.05, 4.69) is 44.5 Å². The fourth-order valence-electron chi connectivity index (χ4n) is 1.81. The van der Waals surface area contributed by atoms with Gasteiger partial charge >= 0.3 is 0 Å². The molecule has 0 aliphatic carbocycles. The zero-order chi connectivity index (χ0) is 12.9. The number of hydrogen-bond acceptors (Lipinski definition) is 4. The molecule has 0 atom stereocenters. The third-order valence-electron chi connectivity index (χ3n) is 2.74. The van der Waals surface area contributed by atoms with Gasteiger partial charge in [-0.3, -0.25) is 0 Å². The normalized spacial score (nSPS) is 10.1. The van der Waals surface area contributed by atoms with Crippen molar-refractivity contribution in [2.75, 3.05) is 5.32 Å². The lowest BCUT2D eigenvalue weighted by Crippen LogP contribution is -1.96. The molecule has 3 rings (SSSR count). The van der Waals surface area contributed by atoms with Crippen molar-refractivity contribution in [1.29, 1.82) is 0 Å². The summed E-state index contributed by atoms with van der Waals surface area (Å²) >= 11 is 0. The highest BCUT2D eigenvalue weighted by atomic mass is 15.1. The molecule has 0 saturated heterocycles. The van der Waals surface area contributed by atoms with Crippen LogP contribution in [-0.4, -0.2) is 15.0 Å². The topological polar surface area (TPSA) is 50.7 Å². The Labute approximate surface area is 111 Å². The van der Waals surface area contributed by atoms with Gasteiger partial charge in [0.15, 0.2) is 0 Å². The van der Waals surface area contributed by atoms with Crippen LogP contribution in [0.3, 0.4) is 0 Å². The van der Waals surface area contributed by atoms with Crippen LogP contribution in [0.4, 0.5) is 11.6 Å². The molecule has 92 valence electrons. The molecule has 19 heavy (non-hydrogen) atoms. The minimum absolute atomic E-state index is 0.544. The summed E-state index contributed by atoms with van der Waals surface area (Å²) in [6, 6.07) is 18.4. The van der Waals surface area contributed by atoms with Crippen LogP contribution in [0.2, 0.25) is 0 Å². The SMILES string of the molecule is c1ccc(-c2ccc(Nc3ncncn3)cc2)cc1.